The lowest BCUT2D eigenvalue weighted by Gasteiger charge is -2.12. The van der Waals surface area contributed by atoms with Crippen LogP contribution in [0.25, 0.3) is 22.2 Å². The third-order valence-corrected chi connectivity index (χ3v) is 3.50. The Morgan fingerprint density at radius 1 is 1.05 bits per heavy atom. The Hall–Kier alpha value is -2.33. The summed E-state index contributed by atoms with van der Waals surface area (Å²) in [5.41, 5.74) is 1.93. The van der Waals surface area contributed by atoms with Crippen molar-refractivity contribution in [2.45, 2.75) is 13.5 Å². The van der Waals surface area contributed by atoms with Crippen molar-refractivity contribution in [1.82, 2.24) is 4.98 Å². The number of halogens is 2. The highest BCUT2D eigenvalue weighted by molar-refractivity contribution is 5.85. The van der Waals surface area contributed by atoms with E-state index >= 15 is 0 Å². The van der Waals surface area contributed by atoms with Gasteiger partial charge in [-0.1, -0.05) is 24.3 Å². The fourth-order valence-corrected chi connectivity index (χ4v) is 2.45. The van der Waals surface area contributed by atoms with Crippen LogP contribution in [0.5, 0.6) is 0 Å². The molecule has 1 aromatic heterocycles. The van der Waals surface area contributed by atoms with Gasteiger partial charge in [0, 0.05) is 10.9 Å². The number of hydrogen-bond donors (Lipinski definition) is 1. The van der Waals surface area contributed by atoms with Crippen molar-refractivity contribution in [2.24, 2.45) is 0 Å². The van der Waals surface area contributed by atoms with E-state index in [1.165, 1.54) is 18.2 Å². The van der Waals surface area contributed by atoms with Crippen LogP contribution < -0.4 is 0 Å². The monoisotopic (exact) mass is 285 g/mol. The van der Waals surface area contributed by atoms with Crippen molar-refractivity contribution < 1.29 is 13.9 Å². The Kier molecular flexibility index (Phi) is 3.39. The molecule has 4 heteroatoms. The van der Waals surface area contributed by atoms with Gasteiger partial charge in [-0.3, -0.25) is 0 Å². The molecule has 21 heavy (non-hydrogen) atoms. The summed E-state index contributed by atoms with van der Waals surface area (Å²) in [6.07, 6.45) is 0. The van der Waals surface area contributed by atoms with E-state index in [2.05, 4.69) is 4.98 Å². The van der Waals surface area contributed by atoms with Gasteiger partial charge in [0.05, 0.1) is 23.4 Å². The average molecular weight is 285 g/mol. The van der Waals surface area contributed by atoms with Crippen molar-refractivity contribution >= 4 is 10.9 Å². The first-order valence-corrected chi connectivity index (χ1v) is 6.56. The zero-order valence-electron chi connectivity index (χ0n) is 11.4. The highest BCUT2D eigenvalue weighted by atomic mass is 19.1. The summed E-state index contributed by atoms with van der Waals surface area (Å²) in [5.74, 6) is -1.38. The van der Waals surface area contributed by atoms with Crippen molar-refractivity contribution in [2.75, 3.05) is 0 Å². The SMILES string of the molecule is Cc1cccc2cc(CO)c(-c3c(F)cccc3F)nc12. The first kappa shape index (κ1) is 13.6. The van der Waals surface area contributed by atoms with Gasteiger partial charge in [0.1, 0.15) is 11.6 Å². The van der Waals surface area contributed by atoms with E-state index in [4.69, 9.17) is 0 Å². The summed E-state index contributed by atoms with van der Waals surface area (Å²) in [4.78, 5) is 4.40. The second kappa shape index (κ2) is 5.22. The molecule has 0 saturated heterocycles. The smallest absolute Gasteiger partial charge is 0.135 e. The maximum Gasteiger partial charge on any atom is 0.135 e. The molecule has 1 heterocycles. The molecule has 2 aromatic carbocycles. The number of aliphatic hydroxyl groups is 1. The van der Waals surface area contributed by atoms with E-state index in [0.29, 0.717) is 11.1 Å². The van der Waals surface area contributed by atoms with Gasteiger partial charge in [-0.15, -0.1) is 0 Å². The molecule has 0 aliphatic heterocycles. The normalized spacial score (nSPS) is 11.0. The number of fused-ring (bicyclic) bond motifs is 1. The van der Waals surface area contributed by atoms with E-state index in [1.807, 2.05) is 25.1 Å². The predicted octanol–water partition coefficient (Wildman–Crippen LogP) is 3.98. The largest absolute Gasteiger partial charge is 0.392 e. The van der Waals surface area contributed by atoms with Gasteiger partial charge in [0.2, 0.25) is 0 Å². The maximum atomic E-state index is 14.0. The standard InChI is InChI=1S/C17H13F2NO/c1-10-4-2-5-11-8-12(9-21)17(20-16(10)11)15-13(18)6-3-7-14(15)19/h2-8,21H,9H2,1H3. The topological polar surface area (TPSA) is 33.1 Å². The third-order valence-electron chi connectivity index (χ3n) is 3.50. The molecule has 3 rings (SSSR count). The van der Waals surface area contributed by atoms with Gasteiger partial charge in [-0.25, -0.2) is 13.8 Å². The molecule has 0 aliphatic carbocycles. The molecular formula is C17H13F2NO. The number of rotatable bonds is 2. The average Bonchev–Trinajstić information content (AvgIpc) is 2.47. The number of hydrogen-bond acceptors (Lipinski definition) is 2. The predicted molar refractivity (Wildman–Crippen MR) is 77.8 cm³/mol. The molecule has 0 spiro atoms. The number of aromatic nitrogens is 1. The number of benzene rings is 2. The van der Waals surface area contributed by atoms with E-state index in [1.54, 1.807) is 6.07 Å². The summed E-state index contributed by atoms with van der Waals surface area (Å²) in [6.45, 7) is 1.55. The van der Waals surface area contributed by atoms with Crippen LogP contribution in [-0.2, 0) is 6.61 Å². The van der Waals surface area contributed by atoms with Gasteiger partial charge < -0.3 is 5.11 Å². The van der Waals surface area contributed by atoms with E-state index in [0.717, 1.165) is 10.9 Å². The van der Waals surface area contributed by atoms with Gasteiger partial charge >= 0.3 is 0 Å². The summed E-state index contributed by atoms with van der Waals surface area (Å²) in [7, 11) is 0. The number of aryl methyl sites for hydroxylation is 1. The highest BCUT2D eigenvalue weighted by Gasteiger charge is 2.17. The van der Waals surface area contributed by atoms with Crippen LogP contribution in [0.1, 0.15) is 11.1 Å². The van der Waals surface area contributed by atoms with Gasteiger partial charge in [-0.2, -0.15) is 0 Å². The Balaban J connectivity index is 2.38. The van der Waals surface area contributed by atoms with Crippen molar-refractivity contribution in [3.05, 3.63) is 65.2 Å². The van der Waals surface area contributed by atoms with Crippen molar-refractivity contribution in [3.63, 3.8) is 0 Å². The fraction of sp³-hybridized carbons (Fsp3) is 0.118. The maximum absolute atomic E-state index is 14.0. The highest BCUT2D eigenvalue weighted by Crippen LogP contribution is 2.30. The number of para-hydroxylation sites is 1. The summed E-state index contributed by atoms with van der Waals surface area (Å²) < 4.78 is 28.0. The molecule has 0 unspecified atom stereocenters. The van der Waals surface area contributed by atoms with Crippen LogP contribution in [0.4, 0.5) is 8.78 Å². The molecule has 2 nitrogen and oxygen atoms in total. The Bertz CT molecular complexity index is 810. The molecule has 1 N–H and O–H groups in total. The van der Waals surface area contributed by atoms with E-state index in [-0.39, 0.29) is 17.9 Å². The molecule has 0 amide bonds. The van der Waals surface area contributed by atoms with Crippen LogP contribution in [0.2, 0.25) is 0 Å². The Morgan fingerprint density at radius 2 is 1.71 bits per heavy atom. The zero-order chi connectivity index (χ0) is 15.0. The summed E-state index contributed by atoms with van der Waals surface area (Å²) >= 11 is 0. The molecule has 0 bridgehead atoms. The molecule has 0 radical (unpaired) electrons. The minimum Gasteiger partial charge on any atom is -0.392 e. The third kappa shape index (κ3) is 2.28. The molecule has 0 saturated carbocycles. The lowest BCUT2D eigenvalue weighted by atomic mass is 10.0. The number of aliphatic hydroxyl groups excluding tert-OH is 1. The van der Waals surface area contributed by atoms with Gasteiger partial charge in [0.25, 0.3) is 0 Å². The molecule has 0 atom stereocenters. The quantitative estimate of drug-likeness (QED) is 0.772. The molecule has 0 fully saturated rings. The van der Waals surface area contributed by atoms with Crippen LogP contribution in [0, 0.1) is 18.6 Å². The van der Waals surface area contributed by atoms with Crippen molar-refractivity contribution in [3.8, 4) is 11.3 Å². The van der Waals surface area contributed by atoms with Crippen LogP contribution in [0.3, 0.4) is 0 Å². The van der Waals surface area contributed by atoms with Gasteiger partial charge in [0.15, 0.2) is 0 Å². The van der Waals surface area contributed by atoms with Crippen LogP contribution >= 0.6 is 0 Å². The molecule has 3 aromatic rings. The van der Waals surface area contributed by atoms with Crippen LogP contribution in [-0.4, -0.2) is 10.1 Å². The first-order valence-electron chi connectivity index (χ1n) is 6.56. The minimum atomic E-state index is -0.690. The molecular weight excluding hydrogens is 272 g/mol. The Labute approximate surface area is 120 Å². The summed E-state index contributed by atoms with van der Waals surface area (Å²) in [5, 5.41) is 10.3. The molecule has 0 aliphatic rings. The minimum absolute atomic E-state index is 0.148. The zero-order valence-corrected chi connectivity index (χ0v) is 11.4. The lowest BCUT2D eigenvalue weighted by molar-refractivity contribution is 0.282. The van der Waals surface area contributed by atoms with Gasteiger partial charge in [-0.05, 0) is 30.7 Å². The number of pyridine rings is 1. The van der Waals surface area contributed by atoms with E-state index in [9.17, 15) is 13.9 Å². The fourth-order valence-electron chi connectivity index (χ4n) is 2.45. The molecule has 106 valence electrons. The van der Waals surface area contributed by atoms with Crippen molar-refractivity contribution in [1.29, 1.82) is 0 Å². The number of nitrogens with zero attached hydrogens (tertiary/aromatic N) is 1. The lowest BCUT2D eigenvalue weighted by Crippen LogP contribution is -1.99. The second-order valence-electron chi connectivity index (χ2n) is 4.90. The summed E-state index contributed by atoms with van der Waals surface area (Å²) in [6, 6.07) is 11.0. The van der Waals surface area contributed by atoms with E-state index < -0.39 is 11.6 Å². The second-order valence-corrected chi connectivity index (χ2v) is 4.90. The first-order chi connectivity index (χ1) is 10.1. The Morgan fingerprint density at radius 3 is 2.38 bits per heavy atom. The van der Waals surface area contributed by atoms with Crippen LogP contribution in [0.15, 0.2) is 42.5 Å².